The lowest BCUT2D eigenvalue weighted by Gasteiger charge is -2.22. The number of nitrogens with one attached hydrogen (secondary N) is 2. The summed E-state index contributed by atoms with van der Waals surface area (Å²) in [5, 5.41) is 2.92. The van der Waals surface area contributed by atoms with Crippen LogP contribution in [-0.4, -0.2) is 26.9 Å². The lowest BCUT2D eigenvalue weighted by Crippen LogP contribution is -2.42. The molecule has 23 heavy (non-hydrogen) atoms. The van der Waals surface area contributed by atoms with Crippen molar-refractivity contribution in [1.29, 1.82) is 0 Å². The fourth-order valence-electron chi connectivity index (χ4n) is 3.48. The van der Waals surface area contributed by atoms with Crippen LogP contribution in [-0.2, 0) is 27.7 Å². The maximum absolute atomic E-state index is 12.3. The van der Waals surface area contributed by atoms with E-state index in [1.165, 1.54) is 12.0 Å². The molecule has 5 nitrogen and oxygen atoms in total. The predicted octanol–water partition coefficient (Wildman–Crippen LogP) is 1.90. The summed E-state index contributed by atoms with van der Waals surface area (Å²) in [5.74, 6) is -0.248. The molecular weight excluding hydrogens is 312 g/mol. The topological polar surface area (TPSA) is 75.3 Å². The monoisotopic (exact) mass is 336 g/mol. The van der Waals surface area contributed by atoms with E-state index in [0.717, 1.165) is 50.5 Å². The van der Waals surface area contributed by atoms with Crippen molar-refractivity contribution in [3.8, 4) is 0 Å². The lowest BCUT2D eigenvalue weighted by atomic mass is 9.95. The van der Waals surface area contributed by atoms with Crippen LogP contribution in [0.3, 0.4) is 0 Å². The van der Waals surface area contributed by atoms with Crippen LogP contribution in [0.1, 0.15) is 49.7 Å². The average molecular weight is 336 g/mol. The van der Waals surface area contributed by atoms with Crippen LogP contribution in [0.5, 0.6) is 0 Å². The molecule has 0 aliphatic heterocycles. The molecule has 0 radical (unpaired) electrons. The summed E-state index contributed by atoms with van der Waals surface area (Å²) in [5.41, 5.74) is 2.35. The van der Waals surface area contributed by atoms with Gasteiger partial charge in [0.1, 0.15) is 0 Å². The van der Waals surface area contributed by atoms with E-state index in [1.54, 1.807) is 12.1 Å². The smallest absolute Gasteiger partial charge is 0.241 e. The minimum atomic E-state index is -3.63. The largest absolute Gasteiger partial charge is 0.352 e. The number of amides is 1. The van der Waals surface area contributed by atoms with Crippen molar-refractivity contribution in [2.45, 2.75) is 62.3 Å². The third-order valence-corrected chi connectivity index (χ3v) is 6.17. The molecule has 0 aromatic heterocycles. The predicted molar refractivity (Wildman–Crippen MR) is 88.7 cm³/mol. The molecule has 1 saturated carbocycles. The normalized spacial score (nSPS) is 18.6. The minimum absolute atomic E-state index is 0.195. The van der Waals surface area contributed by atoms with Gasteiger partial charge in [-0.25, -0.2) is 13.1 Å². The highest BCUT2D eigenvalue weighted by molar-refractivity contribution is 7.89. The second-order valence-electron chi connectivity index (χ2n) is 6.51. The van der Waals surface area contributed by atoms with Gasteiger partial charge in [-0.15, -0.1) is 0 Å². The van der Waals surface area contributed by atoms with Crippen LogP contribution >= 0.6 is 0 Å². The van der Waals surface area contributed by atoms with E-state index in [-0.39, 0.29) is 23.4 Å². The Labute approximate surface area is 137 Å². The zero-order valence-electron chi connectivity index (χ0n) is 13.3. The lowest BCUT2D eigenvalue weighted by molar-refractivity contribution is -0.120. The van der Waals surface area contributed by atoms with Crippen LogP contribution in [0.2, 0.25) is 0 Å². The maximum atomic E-state index is 12.3. The zero-order chi connectivity index (χ0) is 16.3. The van der Waals surface area contributed by atoms with E-state index < -0.39 is 10.0 Å². The number of carbonyl (C=O) groups excluding carboxylic acids is 1. The van der Waals surface area contributed by atoms with Crippen LogP contribution in [0.15, 0.2) is 23.1 Å². The molecule has 2 aliphatic rings. The van der Waals surface area contributed by atoms with Gasteiger partial charge in [0.25, 0.3) is 0 Å². The quantitative estimate of drug-likeness (QED) is 0.862. The summed E-state index contributed by atoms with van der Waals surface area (Å²) in [6, 6.07) is 5.45. The number of sulfonamides is 1. The first-order valence-electron chi connectivity index (χ1n) is 8.45. The number of hydrogen-bond acceptors (Lipinski definition) is 3. The van der Waals surface area contributed by atoms with Gasteiger partial charge in [0.2, 0.25) is 15.9 Å². The van der Waals surface area contributed by atoms with E-state index in [0.29, 0.717) is 0 Å². The summed E-state index contributed by atoms with van der Waals surface area (Å²) in [7, 11) is -3.63. The Morgan fingerprint density at radius 3 is 2.57 bits per heavy atom. The van der Waals surface area contributed by atoms with Crippen LogP contribution < -0.4 is 10.0 Å². The van der Waals surface area contributed by atoms with E-state index in [4.69, 9.17) is 0 Å². The fraction of sp³-hybridized carbons (Fsp3) is 0.588. The van der Waals surface area contributed by atoms with Gasteiger partial charge in [0.15, 0.2) is 0 Å². The molecule has 0 saturated heterocycles. The Balaban J connectivity index is 1.57. The van der Waals surface area contributed by atoms with Crippen molar-refractivity contribution < 1.29 is 13.2 Å². The molecule has 0 atom stereocenters. The first-order chi connectivity index (χ1) is 11.0. The van der Waals surface area contributed by atoms with Gasteiger partial charge >= 0.3 is 0 Å². The van der Waals surface area contributed by atoms with Crippen molar-refractivity contribution >= 4 is 15.9 Å². The van der Waals surface area contributed by atoms with E-state index >= 15 is 0 Å². The number of hydrogen-bond donors (Lipinski definition) is 2. The molecule has 1 aromatic carbocycles. The molecule has 6 heteroatoms. The number of carbonyl (C=O) groups is 1. The molecule has 0 spiro atoms. The van der Waals surface area contributed by atoms with E-state index in [1.807, 2.05) is 6.07 Å². The summed E-state index contributed by atoms with van der Waals surface area (Å²) in [6.45, 7) is -0.198. The van der Waals surface area contributed by atoms with Gasteiger partial charge in [0.05, 0.1) is 11.4 Å². The van der Waals surface area contributed by atoms with Crippen LogP contribution in [0.25, 0.3) is 0 Å². The number of rotatable bonds is 5. The van der Waals surface area contributed by atoms with E-state index in [9.17, 15) is 13.2 Å². The van der Waals surface area contributed by atoms with Crippen molar-refractivity contribution in [2.24, 2.45) is 0 Å². The first-order valence-corrected chi connectivity index (χ1v) is 9.94. The minimum Gasteiger partial charge on any atom is -0.352 e. The summed E-state index contributed by atoms with van der Waals surface area (Å²) < 4.78 is 27.1. The van der Waals surface area contributed by atoms with E-state index in [2.05, 4.69) is 10.0 Å². The number of benzene rings is 1. The maximum Gasteiger partial charge on any atom is 0.241 e. The Hall–Kier alpha value is -1.40. The van der Waals surface area contributed by atoms with Crippen LogP contribution in [0.4, 0.5) is 0 Å². The first kappa shape index (κ1) is 16.5. The van der Waals surface area contributed by atoms with Gasteiger partial charge in [-0.2, -0.15) is 0 Å². The number of aryl methyl sites for hydroxylation is 2. The average Bonchev–Trinajstić information content (AvgIpc) is 3.02. The Kier molecular flexibility index (Phi) is 5.02. The molecular formula is C17H24N2O3S. The van der Waals surface area contributed by atoms with Gasteiger partial charge in [-0.1, -0.05) is 25.3 Å². The highest BCUT2D eigenvalue weighted by atomic mass is 32.2. The second kappa shape index (κ2) is 7.01. The molecule has 2 aliphatic carbocycles. The Bertz CT molecular complexity index is 679. The van der Waals surface area contributed by atoms with Crippen LogP contribution in [0, 0.1) is 0 Å². The fourth-order valence-corrected chi connectivity index (χ4v) is 4.52. The molecule has 1 amide bonds. The Morgan fingerprint density at radius 2 is 1.78 bits per heavy atom. The summed E-state index contributed by atoms with van der Waals surface area (Å²) in [4.78, 5) is 12.2. The summed E-state index contributed by atoms with van der Waals surface area (Å²) in [6.07, 6.45) is 8.49. The van der Waals surface area contributed by atoms with Gasteiger partial charge in [-0.05, 0) is 55.4 Å². The van der Waals surface area contributed by atoms with Crippen molar-refractivity contribution in [3.63, 3.8) is 0 Å². The molecule has 1 fully saturated rings. The van der Waals surface area contributed by atoms with Crippen molar-refractivity contribution in [2.75, 3.05) is 6.54 Å². The molecule has 126 valence electrons. The molecule has 0 unspecified atom stereocenters. The third kappa shape index (κ3) is 4.12. The summed E-state index contributed by atoms with van der Waals surface area (Å²) >= 11 is 0. The standard InChI is InChI=1S/C17H24N2O3S/c20-17(19-15-7-2-1-3-8-15)12-18-23(21,22)16-10-9-13-5-4-6-14(13)11-16/h9-11,15,18H,1-8,12H2,(H,19,20). The number of fused-ring (bicyclic) bond motifs is 1. The van der Waals surface area contributed by atoms with Gasteiger partial charge < -0.3 is 5.32 Å². The second-order valence-corrected chi connectivity index (χ2v) is 8.28. The SMILES string of the molecule is O=C(CNS(=O)(=O)c1ccc2c(c1)CCC2)NC1CCCCC1. The molecule has 0 bridgehead atoms. The highest BCUT2D eigenvalue weighted by Crippen LogP contribution is 2.24. The molecule has 3 rings (SSSR count). The Morgan fingerprint density at radius 1 is 1.04 bits per heavy atom. The van der Waals surface area contributed by atoms with Crippen molar-refractivity contribution in [3.05, 3.63) is 29.3 Å². The van der Waals surface area contributed by atoms with Gasteiger partial charge in [0, 0.05) is 6.04 Å². The molecule has 1 aromatic rings. The highest BCUT2D eigenvalue weighted by Gasteiger charge is 2.20. The van der Waals surface area contributed by atoms with Crippen molar-refractivity contribution in [1.82, 2.24) is 10.0 Å². The van der Waals surface area contributed by atoms with Gasteiger partial charge in [-0.3, -0.25) is 4.79 Å². The third-order valence-electron chi connectivity index (χ3n) is 4.77. The molecule has 2 N–H and O–H groups in total. The molecule has 0 heterocycles. The zero-order valence-corrected chi connectivity index (χ0v) is 14.1.